The van der Waals surface area contributed by atoms with Crippen LogP contribution in [0.2, 0.25) is 0 Å². The number of amides is 1. The number of aryl methyl sites for hydroxylation is 2. The van der Waals surface area contributed by atoms with Crippen LogP contribution < -0.4 is 10.9 Å². The fourth-order valence-corrected chi connectivity index (χ4v) is 4.63. The molecule has 0 saturated carbocycles. The van der Waals surface area contributed by atoms with E-state index in [9.17, 15) is 27.2 Å². The van der Waals surface area contributed by atoms with E-state index in [1.165, 1.54) is 0 Å². The van der Waals surface area contributed by atoms with Crippen LogP contribution in [0.3, 0.4) is 0 Å². The normalized spacial score (nSPS) is 13.1. The van der Waals surface area contributed by atoms with Crippen molar-refractivity contribution >= 4 is 22.6 Å². The van der Waals surface area contributed by atoms with Crippen molar-refractivity contribution in [2.24, 2.45) is 0 Å². The molecule has 1 heterocycles. The highest BCUT2D eigenvalue weighted by atomic mass is 19.4. The molecule has 3 aromatic carbocycles. The number of para-hydroxylation sites is 1. The van der Waals surface area contributed by atoms with Crippen LogP contribution in [0, 0.1) is 5.82 Å². The summed E-state index contributed by atoms with van der Waals surface area (Å²) in [7, 11) is 0. The van der Waals surface area contributed by atoms with Gasteiger partial charge >= 0.3 is 11.8 Å². The molecule has 178 valence electrons. The Hall–Kier alpha value is -3.94. The molecule has 4 aromatic rings. The molecule has 0 saturated heterocycles. The van der Waals surface area contributed by atoms with Gasteiger partial charge in [-0.05, 0) is 60.2 Å². The van der Waals surface area contributed by atoms with Crippen LogP contribution in [0.15, 0.2) is 69.9 Å². The maximum atomic E-state index is 14.2. The molecule has 5 rings (SSSR count). The largest absolute Gasteiger partial charge is 0.422 e. The van der Waals surface area contributed by atoms with E-state index in [-0.39, 0.29) is 5.56 Å². The lowest BCUT2D eigenvalue weighted by molar-refractivity contribution is -0.137. The van der Waals surface area contributed by atoms with E-state index in [1.807, 2.05) is 17.4 Å². The fourth-order valence-electron chi connectivity index (χ4n) is 4.63. The molecule has 1 amide bonds. The summed E-state index contributed by atoms with van der Waals surface area (Å²) in [6, 6.07) is 15.1. The number of hydrogen-bond donors (Lipinski definition) is 1. The number of anilines is 1. The predicted octanol–water partition coefficient (Wildman–Crippen LogP) is 6.29. The van der Waals surface area contributed by atoms with Crippen molar-refractivity contribution in [3.8, 4) is 11.1 Å². The third kappa shape index (κ3) is 4.32. The summed E-state index contributed by atoms with van der Waals surface area (Å²) in [5.74, 6) is -2.19. The highest BCUT2D eigenvalue weighted by Gasteiger charge is 2.35. The van der Waals surface area contributed by atoms with E-state index in [1.54, 1.807) is 30.3 Å². The number of carbonyl (C=O) groups excluding carboxylic acids is 1. The van der Waals surface area contributed by atoms with Crippen LogP contribution in [0.25, 0.3) is 22.1 Å². The van der Waals surface area contributed by atoms with Gasteiger partial charge in [-0.2, -0.15) is 13.2 Å². The van der Waals surface area contributed by atoms with Crippen LogP contribution in [0.1, 0.15) is 28.7 Å². The summed E-state index contributed by atoms with van der Waals surface area (Å²) in [5.41, 5.74) is 0.679. The summed E-state index contributed by atoms with van der Waals surface area (Å²) in [6.45, 7) is 0. The first-order valence-corrected chi connectivity index (χ1v) is 11.0. The number of alkyl halides is 3. The molecule has 8 heteroatoms. The number of benzene rings is 3. The second-order valence-corrected chi connectivity index (χ2v) is 8.46. The van der Waals surface area contributed by atoms with Gasteiger partial charge in [0.25, 0.3) is 0 Å². The molecular weight excluding hydrogens is 462 g/mol. The van der Waals surface area contributed by atoms with Gasteiger partial charge in [-0.1, -0.05) is 36.4 Å². The maximum Gasteiger partial charge on any atom is 0.418 e. The summed E-state index contributed by atoms with van der Waals surface area (Å²) >= 11 is 0. The predicted molar refractivity (Wildman–Crippen MR) is 124 cm³/mol. The van der Waals surface area contributed by atoms with Crippen molar-refractivity contribution in [2.45, 2.75) is 31.9 Å². The SMILES string of the molecule is O=C(Cc1c(-c2ccccc2)c2cc3c(cc2oc1=O)CCC3)Nc1c(F)cccc1C(F)(F)F. The van der Waals surface area contributed by atoms with Crippen molar-refractivity contribution in [2.75, 3.05) is 5.32 Å². The van der Waals surface area contributed by atoms with Gasteiger partial charge in [0.1, 0.15) is 11.4 Å². The average Bonchev–Trinajstić information content (AvgIpc) is 3.27. The lowest BCUT2D eigenvalue weighted by Crippen LogP contribution is -2.23. The average molecular weight is 481 g/mol. The Morgan fingerprint density at radius 1 is 0.971 bits per heavy atom. The Kier molecular flexibility index (Phi) is 5.67. The third-order valence-electron chi connectivity index (χ3n) is 6.20. The molecule has 0 unspecified atom stereocenters. The smallest absolute Gasteiger partial charge is 0.418 e. The van der Waals surface area contributed by atoms with Gasteiger partial charge in [0, 0.05) is 10.9 Å². The van der Waals surface area contributed by atoms with Gasteiger partial charge in [0.2, 0.25) is 5.91 Å². The number of carbonyl (C=O) groups is 1. The molecule has 0 bridgehead atoms. The minimum atomic E-state index is -4.87. The van der Waals surface area contributed by atoms with E-state index < -0.39 is 41.2 Å². The van der Waals surface area contributed by atoms with Gasteiger partial charge in [-0.15, -0.1) is 0 Å². The van der Waals surface area contributed by atoms with Gasteiger partial charge in [0.05, 0.1) is 23.2 Å². The lowest BCUT2D eigenvalue weighted by Gasteiger charge is -2.16. The van der Waals surface area contributed by atoms with E-state index in [0.29, 0.717) is 28.2 Å². The summed E-state index contributed by atoms with van der Waals surface area (Å²) in [5, 5.41) is 2.65. The zero-order valence-electron chi connectivity index (χ0n) is 18.3. The molecule has 0 radical (unpaired) electrons. The molecule has 0 aliphatic heterocycles. The standard InChI is InChI=1S/C27H19F4NO3/c28-21-11-5-10-20(27(29,30)31)25(21)32-23(33)14-19-24(15-6-2-1-3-7-15)18-12-16-8-4-9-17(16)13-22(18)35-26(19)34/h1-3,5-7,10-13H,4,8-9,14H2,(H,32,33). The lowest BCUT2D eigenvalue weighted by atomic mass is 9.93. The van der Waals surface area contributed by atoms with Crippen molar-refractivity contribution in [3.63, 3.8) is 0 Å². The topological polar surface area (TPSA) is 59.3 Å². The fraction of sp³-hybridized carbons (Fsp3) is 0.185. The third-order valence-corrected chi connectivity index (χ3v) is 6.20. The highest BCUT2D eigenvalue weighted by molar-refractivity contribution is 5.99. The number of fused-ring (bicyclic) bond motifs is 2. The van der Waals surface area contributed by atoms with Crippen LogP contribution in [-0.4, -0.2) is 5.91 Å². The van der Waals surface area contributed by atoms with Gasteiger partial charge < -0.3 is 9.73 Å². The molecular formula is C27H19F4NO3. The zero-order chi connectivity index (χ0) is 24.7. The van der Waals surface area contributed by atoms with Crippen molar-refractivity contribution in [1.29, 1.82) is 0 Å². The van der Waals surface area contributed by atoms with E-state index >= 15 is 0 Å². The zero-order valence-corrected chi connectivity index (χ0v) is 18.3. The Labute approximate surface area is 197 Å². The molecule has 1 aliphatic rings. The molecule has 35 heavy (non-hydrogen) atoms. The maximum absolute atomic E-state index is 14.2. The number of rotatable bonds is 4. The first-order chi connectivity index (χ1) is 16.7. The molecule has 1 N–H and O–H groups in total. The molecule has 0 atom stereocenters. The molecule has 1 aliphatic carbocycles. The van der Waals surface area contributed by atoms with Crippen molar-refractivity contribution < 1.29 is 26.8 Å². The van der Waals surface area contributed by atoms with E-state index in [4.69, 9.17) is 4.42 Å². The van der Waals surface area contributed by atoms with Crippen molar-refractivity contribution in [3.05, 3.63) is 99.2 Å². The quantitative estimate of drug-likeness (QED) is 0.275. The second kappa shape index (κ2) is 8.69. The summed E-state index contributed by atoms with van der Waals surface area (Å²) < 4.78 is 59.9. The molecule has 0 spiro atoms. The van der Waals surface area contributed by atoms with Crippen LogP contribution in [0.5, 0.6) is 0 Å². The monoisotopic (exact) mass is 481 g/mol. The number of halogens is 4. The molecule has 4 nitrogen and oxygen atoms in total. The van der Waals surface area contributed by atoms with E-state index in [2.05, 4.69) is 0 Å². The van der Waals surface area contributed by atoms with Gasteiger partial charge in [-0.25, -0.2) is 9.18 Å². The van der Waals surface area contributed by atoms with E-state index in [0.717, 1.165) is 42.5 Å². The van der Waals surface area contributed by atoms with Gasteiger partial charge in [0.15, 0.2) is 0 Å². The first kappa shape index (κ1) is 22.8. The first-order valence-electron chi connectivity index (χ1n) is 11.0. The Bertz CT molecular complexity index is 1510. The highest BCUT2D eigenvalue weighted by Crippen LogP contribution is 2.37. The van der Waals surface area contributed by atoms with Gasteiger partial charge in [-0.3, -0.25) is 4.79 Å². The summed E-state index contributed by atoms with van der Waals surface area (Å²) in [6.07, 6.45) is -2.73. The number of hydrogen-bond acceptors (Lipinski definition) is 3. The van der Waals surface area contributed by atoms with Crippen LogP contribution >= 0.6 is 0 Å². The van der Waals surface area contributed by atoms with Crippen molar-refractivity contribution in [1.82, 2.24) is 0 Å². The minimum absolute atomic E-state index is 0.0101. The molecule has 1 aromatic heterocycles. The second-order valence-electron chi connectivity index (χ2n) is 8.46. The summed E-state index contributed by atoms with van der Waals surface area (Å²) in [4.78, 5) is 25.9. The Morgan fingerprint density at radius 3 is 2.40 bits per heavy atom. The van der Waals surface area contributed by atoms with Crippen LogP contribution in [0.4, 0.5) is 23.2 Å². The molecule has 0 fully saturated rings. The Balaban J connectivity index is 1.61. The van der Waals surface area contributed by atoms with Crippen LogP contribution in [-0.2, 0) is 30.2 Å². The minimum Gasteiger partial charge on any atom is -0.422 e. The number of nitrogens with one attached hydrogen (secondary N) is 1. The Morgan fingerprint density at radius 2 is 1.69 bits per heavy atom.